The molecule has 2 N–H and O–H groups in total. The molecule has 0 fully saturated rings. The van der Waals surface area contributed by atoms with E-state index in [2.05, 4.69) is 0 Å². The van der Waals surface area contributed by atoms with Crippen LogP contribution in [0.15, 0.2) is 54.6 Å². The maximum Gasteiger partial charge on any atom is 0.198 e. The van der Waals surface area contributed by atoms with Gasteiger partial charge in [-0.15, -0.1) is 0 Å². The average molecular weight is 307 g/mol. The molecule has 0 radical (unpaired) electrons. The normalized spacial score (nSPS) is 10.5. The third-order valence-electron chi connectivity index (χ3n) is 3.83. The smallest absolute Gasteiger partial charge is 0.198 e. The van der Waals surface area contributed by atoms with Crippen LogP contribution in [0.5, 0.6) is 11.5 Å². The number of ether oxygens (including phenoxy) is 2. The van der Waals surface area contributed by atoms with Gasteiger partial charge >= 0.3 is 0 Å². The molecular formula is C19H17NO3. The first-order valence-electron chi connectivity index (χ1n) is 7.20. The molecule has 0 atom stereocenters. The molecule has 0 saturated heterocycles. The number of anilines is 1. The fourth-order valence-corrected chi connectivity index (χ4v) is 2.72. The molecule has 0 aliphatic heterocycles. The Kier molecular flexibility index (Phi) is 3.89. The van der Waals surface area contributed by atoms with E-state index < -0.39 is 0 Å². The van der Waals surface area contributed by atoms with Crippen LogP contribution in [-0.2, 0) is 0 Å². The van der Waals surface area contributed by atoms with Crippen LogP contribution < -0.4 is 15.2 Å². The number of nitrogen functional groups attached to an aromatic ring is 1. The van der Waals surface area contributed by atoms with E-state index >= 15 is 0 Å². The fourth-order valence-electron chi connectivity index (χ4n) is 2.72. The summed E-state index contributed by atoms with van der Waals surface area (Å²) < 4.78 is 11.0. The minimum Gasteiger partial charge on any atom is -0.496 e. The summed E-state index contributed by atoms with van der Waals surface area (Å²) in [4.78, 5) is 12.9. The van der Waals surface area contributed by atoms with Crippen molar-refractivity contribution < 1.29 is 14.3 Å². The lowest BCUT2D eigenvalue weighted by molar-refractivity contribution is 0.103. The molecule has 4 heteroatoms. The molecule has 0 aliphatic carbocycles. The Labute approximate surface area is 134 Å². The second kappa shape index (κ2) is 6.01. The van der Waals surface area contributed by atoms with Gasteiger partial charge in [0.25, 0.3) is 0 Å². The van der Waals surface area contributed by atoms with Crippen LogP contribution in [0.1, 0.15) is 15.9 Å². The number of benzene rings is 3. The summed E-state index contributed by atoms with van der Waals surface area (Å²) in [5.74, 6) is 0.956. The summed E-state index contributed by atoms with van der Waals surface area (Å²) in [6, 6.07) is 16.4. The third kappa shape index (κ3) is 2.48. The highest BCUT2D eigenvalue weighted by atomic mass is 16.5. The van der Waals surface area contributed by atoms with E-state index in [1.807, 2.05) is 24.3 Å². The van der Waals surface area contributed by atoms with E-state index in [1.165, 1.54) is 0 Å². The van der Waals surface area contributed by atoms with E-state index in [9.17, 15) is 4.79 Å². The molecule has 0 bridgehead atoms. The van der Waals surface area contributed by atoms with Gasteiger partial charge in [-0.1, -0.05) is 36.4 Å². The topological polar surface area (TPSA) is 61.5 Å². The Bertz CT molecular complexity index is 887. The van der Waals surface area contributed by atoms with E-state index in [-0.39, 0.29) is 5.78 Å². The molecule has 0 unspecified atom stereocenters. The van der Waals surface area contributed by atoms with Crippen molar-refractivity contribution >= 4 is 22.2 Å². The van der Waals surface area contributed by atoms with Gasteiger partial charge in [0.15, 0.2) is 5.78 Å². The lowest BCUT2D eigenvalue weighted by atomic mass is 9.97. The molecule has 0 aliphatic rings. The summed E-state index contributed by atoms with van der Waals surface area (Å²) >= 11 is 0. The molecule has 3 aromatic carbocycles. The monoisotopic (exact) mass is 307 g/mol. The number of carbonyl (C=O) groups is 1. The molecule has 3 aromatic rings. The molecule has 0 heterocycles. The number of para-hydroxylation sites is 1. The Balaban J connectivity index is 2.29. The highest BCUT2D eigenvalue weighted by Gasteiger charge is 2.21. The van der Waals surface area contributed by atoms with Crippen LogP contribution in [0.2, 0.25) is 0 Å². The number of hydrogen-bond donors (Lipinski definition) is 1. The van der Waals surface area contributed by atoms with Gasteiger partial charge in [0.2, 0.25) is 0 Å². The number of nitrogens with two attached hydrogens (primary N) is 1. The second-order valence-corrected chi connectivity index (χ2v) is 5.12. The van der Waals surface area contributed by atoms with E-state index in [0.717, 1.165) is 10.8 Å². The predicted molar refractivity (Wildman–Crippen MR) is 91.3 cm³/mol. The number of ketones is 1. The zero-order valence-electron chi connectivity index (χ0n) is 13.0. The Morgan fingerprint density at radius 2 is 1.52 bits per heavy atom. The highest BCUT2D eigenvalue weighted by molar-refractivity contribution is 6.16. The minimum absolute atomic E-state index is 0.191. The average Bonchev–Trinajstić information content (AvgIpc) is 2.60. The molecule has 116 valence electrons. The van der Waals surface area contributed by atoms with Crippen molar-refractivity contribution in [2.45, 2.75) is 0 Å². The lowest BCUT2D eigenvalue weighted by Crippen LogP contribution is -2.08. The number of hydrogen-bond acceptors (Lipinski definition) is 4. The van der Waals surface area contributed by atoms with Crippen molar-refractivity contribution in [2.24, 2.45) is 0 Å². The van der Waals surface area contributed by atoms with Gasteiger partial charge in [0.05, 0.1) is 19.8 Å². The van der Waals surface area contributed by atoms with Gasteiger partial charge in [0, 0.05) is 22.0 Å². The summed E-state index contributed by atoms with van der Waals surface area (Å²) in [5.41, 5.74) is 7.26. The van der Waals surface area contributed by atoms with E-state index in [0.29, 0.717) is 28.3 Å². The summed E-state index contributed by atoms with van der Waals surface area (Å²) in [7, 11) is 3.14. The minimum atomic E-state index is -0.191. The standard InChI is InChI=1S/C19H17NO3/c1-22-17-11-15(18(21)14-9-5-6-10-16(14)20)19(23-2)13-8-4-3-7-12(13)17/h3-11H,20H2,1-2H3. The fraction of sp³-hybridized carbons (Fsp3) is 0.105. The third-order valence-corrected chi connectivity index (χ3v) is 3.83. The number of fused-ring (bicyclic) bond motifs is 1. The predicted octanol–water partition coefficient (Wildman–Crippen LogP) is 3.67. The van der Waals surface area contributed by atoms with Gasteiger partial charge < -0.3 is 15.2 Å². The Morgan fingerprint density at radius 3 is 2.17 bits per heavy atom. The molecule has 0 aromatic heterocycles. The van der Waals surface area contributed by atoms with Crippen LogP contribution in [0.4, 0.5) is 5.69 Å². The van der Waals surface area contributed by atoms with Gasteiger partial charge in [-0.3, -0.25) is 4.79 Å². The first kappa shape index (κ1) is 14.9. The maximum atomic E-state index is 12.9. The zero-order valence-corrected chi connectivity index (χ0v) is 13.0. The lowest BCUT2D eigenvalue weighted by Gasteiger charge is -2.15. The van der Waals surface area contributed by atoms with Crippen LogP contribution in [0.3, 0.4) is 0 Å². The second-order valence-electron chi connectivity index (χ2n) is 5.12. The molecule has 3 rings (SSSR count). The van der Waals surface area contributed by atoms with Crippen molar-refractivity contribution in [3.63, 3.8) is 0 Å². The quantitative estimate of drug-likeness (QED) is 0.590. The number of carbonyl (C=O) groups excluding carboxylic acids is 1. The van der Waals surface area contributed by atoms with Gasteiger partial charge in [0.1, 0.15) is 11.5 Å². The van der Waals surface area contributed by atoms with Crippen molar-refractivity contribution in [1.82, 2.24) is 0 Å². The van der Waals surface area contributed by atoms with Crippen molar-refractivity contribution in [3.8, 4) is 11.5 Å². The summed E-state index contributed by atoms with van der Waals surface area (Å²) in [6.45, 7) is 0. The van der Waals surface area contributed by atoms with Gasteiger partial charge in [-0.05, 0) is 18.2 Å². The van der Waals surface area contributed by atoms with Gasteiger partial charge in [-0.2, -0.15) is 0 Å². The molecule has 0 amide bonds. The summed E-state index contributed by atoms with van der Waals surface area (Å²) in [6.07, 6.45) is 0. The first-order chi connectivity index (χ1) is 11.2. The van der Waals surface area contributed by atoms with Crippen LogP contribution >= 0.6 is 0 Å². The Hall–Kier alpha value is -3.01. The van der Waals surface area contributed by atoms with E-state index in [1.54, 1.807) is 44.6 Å². The highest BCUT2D eigenvalue weighted by Crippen LogP contribution is 2.38. The maximum absolute atomic E-state index is 12.9. The molecule has 0 saturated carbocycles. The van der Waals surface area contributed by atoms with E-state index in [4.69, 9.17) is 15.2 Å². The van der Waals surface area contributed by atoms with Crippen LogP contribution in [0, 0.1) is 0 Å². The zero-order chi connectivity index (χ0) is 16.4. The summed E-state index contributed by atoms with van der Waals surface area (Å²) in [5, 5.41) is 1.72. The number of rotatable bonds is 4. The molecule has 0 spiro atoms. The largest absolute Gasteiger partial charge is 0.496 e. The van der Waals surface area contributed by atoms with Crippen LogP contribution in [0.25, 0.3) is 10.8 Å². The SMILES string of the molecule is COc1cc(C(=O)c2ccccc2N)c(OC)c2ccccc12. The van der Waals surface area contributed by atoms with Gasteiger partial charge in [-0.25, -0.2) is 0 Å². The molecular weight excluding hydrogens is 290 g/mol. The molecule has 4 nitrogen and oxygen atoms in total. The molecule has 23 heavy (non-hydrogen) atoms. The Morgan fingerprint density at radius 1 is 0.870 bits per heavy atom. The van der Waals surface area contributed by atoms with Crippen molar-refractivity contribution in [2.75, 3.05) is 20.0 Å². The van der Waals surface area contributed by atoms with Crippen molar-refractivity contribution in [1.29, 1.82) is 0 Å². The number of methoxy groups -OCH3 is 2. The van der Waals surface area contributed by atoms with Crippen LogP contribution in [-0.4, -0.2) is 20.0 Å². The first-order valence-corrected chi connectivity index (χ1v) is 7.20. The van der Waals surface area contributed by atoms with Crippen molar-refractivity contribution in [3.05, 3.63) is 65.7 Å².